The fraction of sp³-hybridized carbons (Fsp3) is 0.333. The van der Waals surface area contributed by atoms with Crippen LogP contribution in [0.3, 0.4) is 0 Å². The topological polar surface area (TPSA) is 90.0 Å². The van der Waals surface area contributed by atoms with E-state index in [4.69, 9.17) is 4.74 Å². The number of fused-ring (bicyclic) bond motifs is 1. The molecule has 0 radical (unpaired) electrons. The molecule has 0 atom stereocenters. The van der Waals surface area contributed by atoms with Gasteiger partial charge in [-0.25, -0.2) is 14.8 Å². The quantitative estimate of drug-likeness (QED) is 0.454. The summed E-state index contributed by atoms with van der Waals surface area (Å²) in [5.41, 5.74) is 2.01. The Morgan fingerprint density at radius 3 is 2.84 bits per heavy atom. The lowest BCUT2D eigenvalue weighted by Gasteiger charge is -2.05. The van der Waals surface area contributed by atoms with Crippen LogP contribution in [0.2, 0.25) is 0 Å². The maximum atomic E-state index is 11.5. The Hall–Kier alpha value is -1.65. The number of carbonyl (C=O) groups is 1. The van der Waals surface area contributed by atoms with Gasteiger partial charge in [-0.15, -0.1) is 11.3 Å². The van der Waals surface area contributed by atoms with E-state index in [-0.39, 0.29) is 5.69 Å². The van der Waals surface area contributed by atoms with Gasteiger partial charge >= 0.3 is 5.97 Å². The van der Waals surface area contributed by atoms with E-state index < -0.39 is 5.97 Å². The second kappa shape index (κ2) is 7.71. The van der Waals surface area contributed by atoms with Crippen molar-refractivity contribution < 1.29 is 14.3 Å². The van der Waals surface area contributed by atoms with Gasteiger partial charge in [-0.3, -0.25) is 0 Å². The third-order valence-corrected chi connectivity index (χ3v) is 5.98. The molecule has 0 bridgehead atoms. The summed E-state index contributed by atoms with van der Waals surface area (Å²) in [5.74, 6) is 0.0536. The lowest BCUT2D eigenvalue weighted by molar-refractivity contribution is 0.0594. The summed E-state index contributed by atoms with van der Waals surface area (Å²) < 4.78 is 11.9. The van der Waals surface area contributed by atoms with E-state index in [0.717, 1.165) is 22.0 Å². The zero-order valence-electron chi connectivity index (χ0n) is 13.8. The van der Waals surface area contributed by atoms with E-state index >= 15 is 0 Å². The van der Waals surface area contributed by atoms with Crippen LogP contribution in [0.4, 0.5) is 0 Å². The molecule has 0 saturated heterocycles. The minimum absolute atomic E-state index is 0.275. The smallest absolute Gasteiger partial charge is 0.357 e. The van der Waals surface area contributed by atoms with Gasteiger partial charge in [0.15, 0.2) is 15.2 Å². The number of methoxy groups -OCH3 is 1. The lowest BCUT2D eigenvalue weighted by Crippen LogP contribution is -2.01. The van der Waals surface area contributed by atoms with Gasteiger partial charge in [0.1, 0.15) is 5.65 Å². The number of halogens is 1. The summed E-state index contributed by atoms with van der Waals surface area (Å²) >= 11 is 6.20. The van der Waals surface area contributed by atoms with Gasteiger partial charge < -0.3 is 14.5 Å². The first-order valence-electron chi connectivity index (χ1n) is 7.49. The van der Waals surface area contributed by atoms with Gasteiger partial charge in [-0.1, -0.05) is 6.92 Å². The molecular formula is C15H15BrN4O3S2. The van der Waals surface area contributed by atoms with Crippen LogP contribution in [-0.4, -0.2) is 39.6 Å². The molecule has 0 saturated carbocycles. The van der Waals surface area contributed by atoms with Crippen LogP contribution in [0, 0.1) is 0 Å². The first-order valence-corrected chi connectivity index (χ1v) is 9.98. The Kier molecular flexibility index (Phi) is 5.60. The standard InChI is InChI=1S/C15H15BrN4O3S2/c1-4-7-10(16)9-11(17-7)19-14(20-12(9)23-5-2)25-15-18-8(6-24-15)13(21)22-3/h6H,4-5H2,1-3H3,(H,17,19,20). The van der Waals surface area contributed by atoms with Crippen LogP contribution in [0.25, 0.3) is 11.0 Å². The molecule has 0 fully saturated rings. The monoisotopic (exact) mass is 442 g/mol. The van der Waals surface area contributed by atoms with Crippen molar-refractivity contribution >= 4 is 56.0 Å². The number of carbonyl (C=O) groups excluding carboxylic acids is 1. The highest BCUT2D eigenvalue weighted by molar-refractivity contribution is 9.10. The van der Waals surface area contributed by atoms with Gasteiger partial charge in [0.25, 0.3) is 0 Å². The minimum Gasteiger partial charge on any atom is -0.477 e. The van der Waals surface area contributed by atoms with Gasteiger partial charge in [0.05, 0.1) is 23.6 Å². The highest BCUT2D eigenvalue weighted by Crippen LogP contribution is 2.36. The third kappa shape index (κ3) is 3.65. The van der Waals surface area contributed by atoms with Crippen LogP contribution in [0.1, 0.15) is 30.0 Å². The maximum Gasteiger partial charge on any atom is 0.357 e. The number of hydrogen-bond donors (Lipinski definition) is 1. The van der Waals surface area contributed by atoms with Gasteiger partial charge in [0.2, 0.25) is 5.88 Å². The van der Waals surface area contributed by atoms with E-state index in [1.165, 1.54) is 30.2 Å². The fourth-order valence-electron chi connectivity index (χ4n) is 2.17. The summed E-state index contributed by atoms with van der Waals surface area (Å²) in [6.07, 6.45) is 0.833. The Balaban J connectivity index is 1.99. The zero-order valence-corrected chi connectivity index (χ0v) is 17.0. The Morgan fingerprint density at radius 2 is 2.16 bits per heavy atom. The fourth-order valence-corrected chi connectivity index (χ4v) is 4.54. The summed E-state index contributed by atoms with van der Waals surface area (Å²) in [7, 11) is 1.33. The Bertz CT molecular complexity index is 925. The van der Waals surface area contributed by atoms with Crippen LogP contribution in [0.15, 0.2) is 19.3 Å². The average molecular weight is 443 g/mol. The molecule has 132 valence electrons. The van der Waals surface area contributed by atoms with Crippen molar-refractivity contribution in [2.24, 2.45) is 0 Å². The number of esters is 1. The molecule has 0 aliphatic carbocycles. The van der Waals surface area contributed by atoms with Crippen molar-refractivity contribution in [3.8, 4) is 5.88 Å². The zero-order chi connectivity index (χ0) is 18.0. The van der Waals surface area contributed by atoms with Crippen molar-refractivity contribution in [1.82, 2.24) is 19.9 Å². The van der Waals surface area contributed by atoms with E-state index in [2.05, 4.69) is 47.5 Å². The molecule has 0 aliphatic heterocycles. The second-order valence-corrected chi connectivity index (χ2v) is 7.70. The maximum absolute atomic E-state index is 11.5. The molecule has 0 aliphatic rings. The van der Waals surface area contributed by atoms with E-state index in [1.807, 2.05) is 6.92 Å². The third-order valence-electron chi connectivity index (χ3n) is 3.30. The van der Waals surface area contributed by atoms with Crippen molar-refractivity contribution in [2.75, 3.05) is 13.7 Å². The average Bonchev–Trinajstić information content (AvgIpc) is 3.19. The number of hydrogen-bond acceptors (Lipinski definition) is 8. The first-order chi connectivity index (χ1) is 12.1. The molecule has 1 N–H and O–H groups in total. The molecule has 0 unspecified atom stereocenters. The number of nitrogens with one attached hydrogen (secondary N) is 1. The number of H-pyrrole nitrogens is 1. The van der Waals surface area contributed by atoms with Gasteiger partial charge in [-0.2, -0.15) is 4.98 Å². The molecule has 3 aromatic rings. The van der Waals surface area contributed by atoms with Crippen molar-refractivity contribution in [3.05, 3.63) is 21.2 Å². The summed E-state index contributed by atoms with van der Waals surface area (Å²) in [5, 5.41) is 2.98. The number of aromatic nitrogens is 4. The molecule has 3 aromatic heterocycles. The van der Waals surface area contributed by atoms with Crippen molar-refractivity contribution in [1.29, 1.82) is 0 Å². The predicted molar refractivity (Wildman–Crippen MR) is 99.7 cm³/mol. The Labute approximate surface area is 160 Å². The van der Waals surface area contributed by atoms with E-state index in [9.17, 15) is 4.79 Å². The normalized spacial score (nSPS) is 11.0. The number of rotatable bonds is 6. The van der Waals surface area contributed by atoms with Crippen LogP contribution in [-0.2, 0) is 11.2 Å². The van der Waals surface area contributed by atoms with Crippen LogP contribution >= 0.6 is 39.0 Å². The molecule has 0 aromatic carbocycles. The number of aryl methyl sites for hydroxylation is 1. The summed E-state index contributed by atoms with van der Waals surface area (Å²) in [6, 6.07) is 0. The van der Waals surface area contributed by atoms with Gasteiger partial charge in [-0.05, 0) is 41.0 Å². The number of thiazole rings is 1. The largest absolute Gasteiger partial charge is 0.477 e. The van der Waals surface area contributed by atoms with Crippen molar-refractivity contribution in [2.45, 2.75) is 29.8 Å². The summed E-state index contributed by atoms with van der Waals surface area (Å²) in [4.78, 5) is 28.1. The second-order valence-electron chi connectivity index (χ2n) is 4.83. The highest BCUT2D eigenvalue weighted by Gasteiger charge is 2.19. The molecular weight excluding hydrogens is 428 g/mol. The summed E-state index contributed by atoms with van der Waals surface area (Å²) in [6.45, 7) is 4.47. The molecule has 3 heterocycles. The van der Waals surface area contributed by atoms with Crippen LogP contribution in [0.5, 0.6) is 5.88 Å². The number of ether oxygens (including phenoxy) is 2. The Morgan fingerprint density at radius 1 is 1.36 bits per heavy atom. The highest BCUT2D eigenvalue weighted by atomic mass is 79.9. The minimum atomic E-state index is -0.463. The predicted octanol–water partition coefficient (Wildman–Crippen LogP) is 4.08. The molecule has 10 heteroatoms. The molecule has 3 rings (SSSR count). The molecule has 25 heavy (non-hydrogen) atoms. The molecule has 0 spiro atoms. The molecule has 7 nitrogen and oxygen atoms in total. The lowest BCUT2D eigenvalue weighted by atomic mass is 10.3. The number of nitrogens with zero attached hydrogens (tertiary/aromatic N) is 3. The van der Waals surface area contributed by atoms with Crippen molar-refractivity contribution in [3.63, 3.8) is 0 Å². The first kappa shape index (κ1) is 18.2. The molecule has 0 amide bonds. The SMILES string of the molecule is CCOc1nc(Sc2nc(C(=O)OC)cs2)nc2[nH]c(CC)c(Br)c12. The number of aromatic amines is 1. The van der Waals surface area contributed by atoms with E-state index in [1.54, 1.807) is 5.38 Å². The van der Waals surface area contributed by atoms with Crippen LogP contribution < -0.4 is 4.74 Å². The van der Waals surface area contributed by atoms with E-state index in [0.29, 0.717) is 27.6 Å². The van der Waals surface area contributed by atoms with Gasteiger partial charge in [0, 0.05) is 11.1 Å².